The van der Waals surface area contributed by atoms with E-state index in [1.807, 2.05) is 6.92 Å². The molecule has 8 heteroatoms. The third-order valence-electron chi connectivity index (χ3n) is 4.07. The molecule has 1 saturated carbocycles. The summed E-state index contributed by atoms with van der Waals surface area (Å²) in [4.78, 5) is 36.8. The Hall–Kier alpha value is -3.03. The molecule has 1 aromatic heterocycles. The van der Waals surface area contributed by atoms with E-state index in [1.54, 1.807) is 0 Å². The van der Waals surface area contributed by atoms with E-state index >= 15 is 0 Å². The lowest BCUT2D eigenvalue weighted by Gasteiger charge is -2.18. The van der Waals surface area contributed by atoms with Crippen LogP contribution in [0.4, 0.5) is 4.39 Å². The van der Waals surface area contributed by atoms with Crippen molar-refractivity contribution in [3.05, 3.63) is 63.8 Å². The predicted octanol–water partition coefficient (Wildman–Crippen LogP) is 1.97. The number of halogens is 1. The fraction of sp³-hybridized carbons (Fsp3) is 0.368. The number of rotatable bonds is 7. The molecule has 1 aliphatic rings. The molecule has 2 aromatic rings. The highest BCUT2D eigenvalue weighted by atomic mass is 19.1. The van der Waals surface area contributed by atoms with E-state index in [0.29, 0.717) is 18.5 Å². The highest BCUT2D eigenvalue weighted by molar-refractivity contribution is 5.91. The number of hydrogen-bond acceptors (Lipinski definition) is 5. The summed E-state index contributed by atoms with van der Waals surface area (Å²) in [5.41, 5.74) is -0.0471. The number of hydrogen-bond donors (Lipinski definition) is 1. The standard InChI is InChI=1S/C19H20FN3O4/c1-2-11-23-16(24)10-9-15(22-23)19(26)27-17(18(25)21-14-7-8-14)12-3-5-13(20)6-4-12/h3-6,9-10,14,17H,2,7-8,11H2,1H3,(H,21,25). The van der Waals surface area contributed by atoms with Crippen LogP contribution in [0.3, 0.4) is 0 Å². The average Bonchev–Trinajstić information content (AvgIpc) is 3.46. The molecule has 1 aliphatic carbocycles. The quantitative estimate of drug-likeness (QED) is 0.750. The molecule has 1 heterocycles. The summed E-state index contributed by atoms with van der Waals surface area (Å²) in [5.74, 6) is -1.76. The Morgan fingerprint density at radius 2 is 1.96 bits per heavy atom. The van der Waals surface area contributed by atoms with Crippen molar-refractivity contribution in [2.75, 3.05) is 0 Å². The monoisotopic (exact) mass is 373 g/mol. The van der Waals surface area contributed by atoms with Gasteiger partial charge in [-0.1, -0.05) is 19.1 Å². The zero-order valence-corrected chi connectivity index (χ0v) is 14.9. The van der Waals surface area contributed by atoms with Crippen molar-refractivity contribution in [2.24, 2.45) is 0 Å². The lowest BCUT2D eigenvalue weighted by atomic mass is 10.1. The third-order valence-corrected chi connectivity index (χ3v) is 4.07. The Morgan fingerprint density at radius 3 is 2.59 bits per heavy atom. The van der Waals surface area contributed by atoms with E-state index in [4.69, 9.17) is 4.74 Å². The molecule has 0 radical (unpaired) electrons. The minimum Gasteiger partial charge on any atom is -0.443 e. The van der Waals surface area contributed by atoms with E-state index in [9.17, 15) is 18.8 Å². The SMILES string of the molecule is CCCn1nc(C(=O)OC(C(=O)NC2CC2)c2ccc(F)cc2)ccc1=O. The molecule has 3 rings (SSSR count). The maximum absolute atomic E-state index is 13.2. The number of carbonyl (C=O) groups excluding carboxylic acids is 2. The van der Waals surface area contributed by atoms with Crippen molar-refractivity contribution in [2.45, 2.75) is 44.9 Å². The van der Waals surface area contributed by atoms with Crippen molar-refractivity contribution < 1.29 is 18.7 Å². The Labute approximate surface area is 155 Å². The third kappa shape index (κ3) is 4.78. The molecule has 0 aliphatic heterocycles. The van der Waals surface area contributed by atoms with Crippen LogP contribution in [0, 0.1) is 5.82 Å². The van der Waals surface area contributed by atoms with Crippen LogP contribution in [0.5, 0.6) is 0 Å². The number of amides is 1. The van der Waals surface area contributed by atoms with Gasteiger partial charge in [0, 0.05) is 24.2 Å². The van der Waals surface area contributed by atoms with Gasteiger partial charge < -0.3 is 10.1 Å². The molecule has 0 saturated heterocycles. The van der Waals surface area contributed by atoms with Crippen molar-refractivity contribution >= 4 is 11.9 Å². The molecule has 142 valence electrons. The number of aromatic nitrogens is 2. The molecule has 1 N–H and O–H groups in total. The van der Waals surface area contributed by atoms with Crippen LogP contribution < -0.4 is 10.9 Å². The normalized spacial score (nSPS) is 14.4. The largest absolute Gasteiger partial charge is 0.443 e. The predicted molar refractivity (Wildman–Crippen MR) is 94.5 cm³/mol. The van der Waals surface area contributed by atoms with Gasteiger partial charge in [0.1, 0.15) is 5.82 Å². The van der Waals surface area contributed by atoms with Gasteiger partial charge in [-0.3, -0.25) is 9.59 Å². The van der Waals surface area contributed by atoms with Gasteiger partial charge >= 0.3 is 5.97 Å². The number of aryl methyl sites for hydroxylation is 1. The maximum Gasteiger partial charge on any atom is 0.359 e. The molecular weight excluding hydrogens is 353 g/mol. The molecule has 1 atom stereocenters. The van der Waals surface area contributed by atoms with Crippen LogP contribution in [-0.4, -0.2) is 27.7 Å². The number of benzene rings is 1. The number of ether oxygens (including phenoxy) is 1. The summed E-state index contributed by atoms with van der Waals surface area (Å²) in [6.45, 7) is 2.25. The topological polar surface area (TPSA) is 90.3 Å². The van der Waals surface area contributed by atoms with E-state index in [-0.39, 0.29) is 17.3 Å². The molecule has 7 nitrogen and oxygen atoms in total. The number of carbonyl (C=O) groups is 2. The van der Waals surface area contributed by atoms with E-state index in [2.05, 4.69) is 10.4 Å². The minimum absolute atomic E-state index is 0.0729. The molecule has 27 heavy (non-hydrogen) atoms. The van der Waals surface area contributed by atoms with Crippen molar-refractivity contribution in [3.63, 3.8) is 0 Å². The van der Waals surface area contributed by atoms with Gasteiger partial charge in [0.15, 0.2) is 5.69 Å². The van der Waals surface area contributed by atoms with Gasteiger partial charge in [-0.05, 0) is 37.5 Å². The second-order valence-electron chi connectivity index (χ2n) is 6.40. The fourth-order valence-electron chi connectivity index (χ4n) is 2.51. The van der Waals surface area contributed by atoms with Crippen LogP contribution in [-0.2, 0) is 16.1 Å². The molecule has 1 amide bonds. The molecular formula is C19H20FN3O4. The summed E-state index contributed by atoms with van der Waals surface area (Å²) in [7, 11) is 0. The molecule has 1 aromatic carbocycles. The van der Waals surface area contributed by atoms with Gasteiger partial charge in [0.25, 0.3) is 11.5 Å². The highest BCUT2D eigenvalue weighted by Gasteiger charge is 2.31. The zero-order chi connectivity index (χ0) is 19.4. The van der Waals surface area contributed by atoms with Gasteiger partial charge in [-0.15, -0.1) is 0 Å². The summed E-state index contributed by atoms with van der Waals surface area (Å²) >= 11 is 0. The molecule has 0 spiro atoms. The lowest BCUT2D eigenvalue weighted by molar-refractivity contribution is -0.130. The first-order chi connectivity index (χ1) is 13.0. The highest BCUT2D eigenvalue weighted by Crippen LogP contribution is 2.24. The van der Waals surface area contributed by atoms with Crippen LogP contribution in [0.1, 0.15) is 48.3 Å². The average molecular weight is 373 g/mol. The van der Waals surface area contributed by atoms with E-state index in [1.165, 1.54) is 41.1 Å². The van der Waals surface area contributed by atoms with Crippen molar-refractivity contribution in [1.82, 2.24) is 15.1 Å². The smallest absolute Gasteiger partial charge is 0.359 e. The van der Waals surface area contributed by atoms with Gasteiger partial charge in [0.05, 0.1) is 0 Å². The molecule has 1 fully saturated rings. The Morgan fingerprint density at radius 1 is 1.26 bits per heavy atom. The molecule has 0 bridgehead atoms. The minimum atomic E-state index is -1.23. The number of esters is 1. The summed E-state index contributed by atoms with van der Waals surface area (Å²) in [5, 5.41) is 6.77. The summed E-state index contributed by atoms with van der Waals surface area (Å²) in [6.07, 6.45) is 1.19. The Kier molecular flexibility index (Phi) is 5.63. The fourth-order valence-corrected chi connectivity index (χ4v) is 2.51. The van der Waals surface area contributed by atoms with Crippen LogP contribution in [0.15, 0.2) is 41.2 Å². The van der Waals surface area contributed by atoms with Gasteiger partial charge in [-0.2, -0.15) is 5.10 Å². The zero-order valence-electron chi connectivity index (χ0n) is 14.9. The molecule has 1 unspecified atom stereocenters. The van der Waals surface area contributed by atoms with Crippen molar-refractivity contribution in [1.29, 1.82) is 0 Å². The van der Waals surface area contributed by atoms with Crippen LogP contribution in [0.2, 0.25) is 0 Å². The summed E-state index contributed by atoms with van der Waals surface area (Å²) in [6, 6.07) is 7.74. The first-order valence-corrected chi connectivity index (χ1v) is 8.83. The number of nitrogens with zero attached hydrogens (tertiary/aromatic N) is 2. The van der Waals surface area contributed by atoms with Gasteiger partial charge in [0.2, 0.25) is 6.10 Å². The van der Waals surface area contributed by atoms with E-state index in [0.717, 1.165) is 12.8 Å². The van der Waals surface area contributed by atoms with E-state index < -0.39 is 23.8 Å². The Balaban J connectivity index is 1.83. The van der Waals surface area contributed by atoms with Crippen molar-refractivity contribution in [3.8, 4) is 0 Å². The van der Waals surface area contributed by atoms with Crippen LogP contribution in [0.25, 0.3) is 0 Å². The first kappa shape index (κ1) is 18.8. The lowest BCUT2D eigenvalue weighted by Crippen LogP contribution is -2.34. The first-order valence-electron chi connectivity index (χ1n) is 8.83. The van der Waals surface area contributed by atoms with Crippen LogP contribution >= 0.6 is 0 Å². The maximum atomic E-state index is 13.2. The second-order valence-corrected chi connectivity index (χ2v) is 6.40. The Bertz CT molecular complexity index is 891. The second kappa shape index (κ2) is 8.11. The summed E-state index contributed by atoms with van der Waals surface area (Å²) < 4.78 is 19.8. The van der Waals surface area contributed by atoms with Gasteiger partial charge in [-0.25, -0.2) is 13.9 Å². The number of nitrogens with one attached hydrogen (secondary N) is 1.